The maximum Gasteiger partial charge on any atom is 0.881 e. The molecule has 2 aromatic rings. The first kappa shape index (κ1) is 33.4. The number of nitrogens with zero attached hydrogens (tertiary/aromatic N) is 2. The fourth-order valence-electron chi connectivity index (χ4n) is 5.96. The van der Waals surface area contributed by atoms with Gasteiger partial charge in [-0.3, -0.25) is 9.98 Å². The third kappa shape index (κ3) is 10.3. The van der Waals surface area contributed by atoms with Crippen molar-refractivity contribution in [2.75, 3.05) is 13.1 Å². The summed E-state index contributed by atoms with van der Waals surface area (Å²) in [5, 5.41) is 0. The molecule has 1 aliphatic rings. The van der Waals surface area contributed by atoms with Gasteiger partial charge in [0.05, 0.1) is 24.6 Å². The van der Waals surface area contributed by atoms with Gasteiger partial charge >= 0.3 is 15.9 Å². The van der Waals surface area contributed by atoms with Crippen LogP contribution < -0.4 is 7.58 Å². The van der Waals surface area contributed by atoms with E-state index in [-0.39, 0.29) is 0 Å². The molecule has 4 nitrogen and oxygen atoms in total. The molecule has 0 unspecified atom stereocenters. The van der Waals surface area contributed by atoms with E-state index in [1.807, 2.05) is 12.4 Å². The van der Waals surface area contributed by atoms with Crippen LogP contribution >= 0.6 is 0 Å². The molecule has 0 atom stereocenters. The van der Waals surface area contributed by atoms with Crippen LogP contribution in [-0.2, 0) is 0 Å². The van der Waals surface area contributed by atoms with E-state index in [0.29, 0.717) is 24.9 Å². The molecule has 1 heterocycles. The van der Waals surface area contributed by atoms with Gasteiger partial charge in [0.15, 0.2) is 0 Å². The summed E-state index contributed by atoms with van der Waals surface area (Å²) in [6, 6.07) is 9.34. The number of benzene rings is 2. The van der Waals surface area contributed by atoms with Crippen LogP contribution in [0.2, 0.25) is 0 Å². The molecule has 0 fully saturated rings. The van der Waals surface area contributed by atoms with Crippen LogP contribution in [0.5, 0.6) is 11.5 Å². The van der Waals surface area contributed by atoms with Crippen LogP contribution in [0.3, 0.4) is 0 Å². The lowest BCUT2D eigenvalue weighted by Crippen LogP contribution is -2.15. The van der Waals surface area contributed by atoms with Gasteiger partial charge in [0.2, 0.25) is 0 Å². The summed E-state index contributed by atoms with van der Waals surface area (Å²) < 4.78 is 12.9. The highest BCUT2D eigenvalue weighted by molar-refractivity contribution is 6.21. The molecular formula is C36H54AlN2O2. The Balaban J connectivity index is 1.90. The Hall–Kier alpha value is -2.09. The van der Waals surface area contributed by atoms with Crippen LogP contribution in [0.4, 0.5) is 0 Å². The van der Waals surface area contributed by atoms with E-state index >= 15 is 0 Å². The van der Waals surface area contributed by atoms with Crippen molar-refractivity contribution in [3.8, 4) is 11.5 Å². The zero-order chi connectivity index (χ0) is 29.5. The number of unbranched alkanes of at least 4 members (excludes halogenated alkanes) is 4. The van der Waals surface area contributed by atoms with E-state index in [1.165, 1.54) is 99.3 Å². The Morgan fingerprint density at radius 1 is 0.610 bits per heavy atom. The van der Waals surface area contributed by atoms with Gasteiger partial charge in [0, 0.05) is 23.6 Å². The minimum absolute atomic E-state index is 0.590. The molecule has 223 valence electrons. The molecule has 1 radical (unpaired) electrons. The first-order chi connectivity index (χ1) is 20.0. The molecule has 2 aromatic carbocycles. The van der Waals surface area contributed by atoms with Crippen molar-refractivity contribution in [2.24, 2.45) is 9.98 Å². The van der Waals surface area contributed by atoms with Crippen molar-refractivity contribution >= 4 is 28.3 Å². The summed E-state index contributed by atoms with van der Waals surface area (Å²) in [6.07, 6.45) is 19.0. The molecule has 0 saturated carbocycles. The molecule has 0 aliphatic carbocycles. The highest BCUT2D eigenvalue weighted by atomic mass is 27.2. The summed E-state index contributed by atoms with van der Waals surface area (Å²) in [7, 11) is 0. The predicted molar refractivity (Wildman–Crippen MR) is 178 cm³/mol. The second-order valence-electron chi connectivity index (χ2n) is 11.9. The van der Waals surface area contributed by atoms with Crippen molar-refractivity contribution in [3.63, 3.8) is 0 Å². The van der Waals surface area contributed by atoms with E-state index in [2.05, 4.69) is 65.8 Å². The molecule has 0 saturated heterocycles. The van der Waals surface area contributed by atoms with Gasteiger partial charge in [0.1, 0.15) is 0 Å². The second kappa shape index (κ2) is 18.5. The maximum atomic E-state index is 6.45. The number of hydrogen-bond acceptors (Lipinski definition) is 4. The molecule has 1 aliphatic heterocycles. The van der Waals surface area contributed by atoms with Crippen LogP contribution in [-0.4, -0.2) is 41.4 Å². The van der Waals surface area contributed by atoms with Gasteiger partial charge in [-0.25, -0.2) is 0 Å². The minimum Gasteiger partial charge on any atom is -0.615 e. The van der Waals surface area contributed by atoms with Gasteiger partial charge in [-0.2, -0.15) is 0 Å². The average molecular weight is 574 g/mol. The van der Waals surface area contributed by atoms with Crippen molar-refractivity contribution < 1.29 is 7.58 Å². The van der Waals surface area contributed by atoms with Gasteiger partial charge in [-0.15, -0.1) is 0 Å². The molecule has 0 aromatic heterocycles. The summed E-state index contributed by atoms with van der Waals surface area (Å²) in [5.74, 6) is 3.00. The molecule has 5 heteroatoms. The predicted octanol–water partition coefficient (Wildman–Crippen LogP) is 10.1. The fourth-order valence-corrected chi connectivity index (χ4v) is 6.85. The van der Waals surface area contributed by atoms with Crippen LogP contribution in [0.25, 0.3) is 0 Å². The van der Waals surface area contributed by atoms with Gasteiger partial charge in [-0.1, -0.05) is 91.2 Å². The summed E-state index contributed by atoms with van der Waals surface area (Å²) in [5.41, 5.74) is 7.33. The third-order valence-corrected chi connectivity index (χ3v) is 9.03. The quantitative estimate of drug-likeness (QED) is 0.211. The smallest absolute Gasteiger partial charge is 0.615 e. The number of hydrogen-bond donors (Lipinski definition) is 0. The Labute approximate surface area is 257 Å². The summed E-state index contributed by atoms with van der Waals surface area (Å²) in [4.78, 5) is 9.56. The monoisotopic (exact) mass is 573 g/mol. The van der Waals surface area contributed by atoms with Crippen LogP contribution in [0.1, 0.15) is 150 Å². The standard InChI is InChI=1S/C36H56N2O2.Al/c1-7-11-15-29(16-12-8-2)31-21-27(5)35(39)33(23-31)25-37-19-20-38-26-34-24-32(22-28(6)36(34)40)30(17-13-9-3)18-14-10-4;/h21-26,29-30,39-40H,7-20H2,1-6H3;/q;+2/p-2. The largest absolute Gasteiger partial charge is 0.881 e. The molecule has 3 rings (SSSR count). The van der Waals surface area contributed by atoms with E-state index in [4.69, 9.17) is 17.6 Å². The molecule has 41 heavy (non-hydrogen) atoms. The zero-order valence-electron chi connectivity index (χ0n) is 26.8. The lowest BCUT2D eigenvalue weighted by molar-refractivity contribution is 0.453. The minimum atomic E-state index is -0.731. The fraction of sp³-hybridized carbons (Fsp3) is 0.611. The first-order valence-corrected chi connectivity index (χ1v) is 17.4. The molecule has 0 spiro atoms. The Bertz CT molecular complexity index is 1020. The molecular weight excluding hydrogens is 519 g/mol. The average Bonchev–Trinajstić information content (AvgIpc) is 2.98. The second-order valence-corrected chi connectivity index (χ2v) is 12.5. The first-order valence-electron chi connectivity index (χ1n) is 16.5. The van der Waals surface area contributed by atoms with E-state index < -0.39 is 15.9 Å². The van der Waals surface area contributed by atoms with Crippen LogP contribution in [0.15, 0.2) is 34.3 Å². The van der Waals surface area contributed by atoms with Crippen LogP contribution in [0, 0.1) is 13.8 Å². The summed E-state index contributed by atoms with van der Waals surface area (Å²) in [6.45, 7) is 14.8. The van der Waals surface area contributed by atoms with Gasteiger partial charge in [0.25, 0.3) is 0 Å². The molecule has 0 amide bonds. The third-order valence-electron chi connectivity index (χ3n) is 8.37. The van der Waals surface area contributed by atoms with Crippen molar-refractivity contribution in [2.45, 2.75) is 130 Å². The van der Waals surface area contributed by atoms with E-state index in [1.54, 1.807) is 0 Å². The number of rotatable bonds is 14. The maximum absolute atomic E-state index is 6.45. The van der Waals surface area contributed by atoms with Gasteiger partial charge in [-0.05, 0) is 85.8 Å². The normalized spacial score (nSPS) is 13.5. The Kier molecular flexibility index (Phi) is 15.0. The summed E-state index contributed by atoms with van der Waals surface area (Å²) >= 11 is -0.731. The van der Waals surface area contributed by atoms with Crippen molar-refractivity contribution in [3.05, 3.63) is 57.6 Å². The number of aryl methyl sites for hydroxylation is 2. The SMILES string of the molecule is CCCCC(CCCC)c1cc(C)c2c(c1)C=NCCN=Cc1cc(C(CCCC)CCCC)cc(C)c1[O][Al][O]2. The highest BCUT2D eigenvalue weighted by Gasteiger charge is 2.20. The highest BCUT2D eigenvalue weighted by Crippen LogP contribution is 2.35. The van der Waals surface area contributed by atoms with E-state index in [0.717, 1.165) is 22.6 Å². The lowest BCUT2D eigenvalue weighted by atomic mass is 9.87. The number of fused-ring (bicyclic) bond motifs is 2. The number of aliphatic imine (C=N–C) groups is 2. The molecule has 0 N–H and O–H groups in total. The lowest BCUT2D eigenvalue weighted by Gasteiger charge is -2.22. The van der Waals surface area contributed by atoms with Gasteiger partial charge < -0.3 is 7.58 Å². The Morgan fingerprint density at radius 3 is 1.32 bits per heavy atom. The van der Waals surface area contributed by atoms with Crippen molar-refractivity contribution in [1.29, 1.82) is 0 Å². The topological polar surface area (TPSA) is 43.2 Å². The molecule has 0 bridgehead atoms. The zero-order valence-corrected chi connectivity index (χ0v) is 28.0. The Morgan fingerprint density at radius 2 is 0.976 bits per heavy atom. The van der Waals surface area contributed by atoms with E-state index in [9.17, 15) is 0 Å². The van der Waals surface area contributed by atoms with Crippen molar-refractivity contribution in [1.82, 2.24) is 0 Å².